The lowest BCUT2D eigenvalue weighted by atomic mass is 10.0. The number of methoxy groups -OCH3 is 1. The van der Waals surface area contributed by atoms with E-state index >= 15 is 0 Å². The number of carbonyl (C=O) groups excluding carboxylic acids is 1. The molecule has 3 rings (SSSR count). The molecule has 0 aliphatic carbocycles. The average molecular weight is 501 g/mol. The zero-order valence-electron chi connectivity index (χ0n) is 19.5. The number of sulfonamides is 1. The van der Waals surface area contributed by atoms with E-state index < -0.39 is 15.9 Å². The van der Waals surface area contributed by atoms with E-state index in [2.05, 4.69) is 5.32 Å². The van der Waals surface area contributed by atoms with Crippen LogP contribution in [0.1, 0.15) is 30.5 Å². The van der Waals surface area contributed by atoms with E-state index in [1.54, 1.807) is 6.07 Å². The van der Waals surface area contributed by atoms with Crippen molar-refractivity contribution in [3.8, 4) is 5.75 Å². The van der Waals surface area contributed by atoms with Gasteiger partial charge >= 0.3 is 0 Å². The molecule has 34 heavy (non-hydrogen) atoms. The van der Waals surface area contributed by atoms with Gasteiger partial charge < -0.3 is 10.1 Å². The Labute approximate surface area is 206 Å². The van der Waals surface area contributed by atoms with E-state index in [0.29, 0.717) is 0 Å². The second kappa shape index (κ2) is 11.5. The molecule has 0 fully saturated rings. The average Bonchev–Trinajstić information content (AvgIpc) is 2.84. The van der Waals surface area contributed by atoms with Crippen LogP contribution in [0.25, 0.3) is 0 Å². The number of ether oxygens (including phenoxy) is 1. The Morgan fingerprint density at radius 3 is 2.21 bits per heavy atom. The van der Waals surface area contributed by atoms with Crippen LogP contribution in [0.4, 0.5) is 5.69 Å². The van der Waals surface area contributed by atoms with E-state index in [9.17, 15) is 13.2 Å². The minimum Gasteiger partial charge on any atom is -0.495 e. The van der Waals surface area contributed by atoms with E-state index in [4.69, 9.17) is 16.3 Å². The maximum absolute atomic E-state index is 13.7. The van der Waals surface area contributed by atoms with Gasteiger partial charge in [-0.25, -0.2) is 8.42 Å². The van der Waals surface area contributed by atoms with Crippen LogP contribution < -0.4 is 10.1 Å². The summed E-state index contributed by atoms with van der Waals surface area (Å²) in [5.74, 6) is -0.261. The van der Waals surface area contributed by atoms with Crippen LogP contribution in [0.3, 0.4) is 0 Å². The van der Waals surface area contributed by atoms with Crippen molar-refractivity contribution < 1.29 is 17.9 Å². The second-order valence-electron chi connectivity index (χ2n) is 7.76. The summed E-state index contributed by atoms with van der Waals surface area (Å²) in [6.07, 6.45) is 1.49. The summed E-state index contributed by atoms with van der Waals surface area (Å²) < 4.78 is 33.8. The van der Waals surface area contributed by atoms with Crippen molar-refractivity contribution in [3.05, 3.63) is 88.4 Å². The molecule has 0 aromatic heterocycles. The highest BCUT2D eigenvalue weighted by atomic mass is 35.5. The summed E-state index contributed by atoms with van der Waals surface area (Å²) in [6.45, 7) is 3.68. The number of amides is 1. The highest BCUT2D eigenvalue weighted by Gasteiger charge is 2.30. The van der Waals surface area contributed by atoms with Gasteiger partial charge in [-0.05, 0) is 47.7 Å². The molecule has 8 heteroatoms. The number of nitrogens with zero attached hydrogens (tertiary/aromatic N) is 1. The van der Waals surface area contributed by atoms with Crippen LogP contribution >= 0.6 is 11.6 Å². The third kappa shape index (κ3) is 5.97. The smallest absolute Gasteiger partial charge is 0.247 e. The molecule has 0 unspecified atom stereocenters. The quantitative estimate of drug-likeness (QED) is 0.409. The predicted octanol–water partition coefficient (Wildman–Crippen LogP) is 5.30. The topological polar surface area (TPSA) is 75.7 Å². The third-order valence-electron chi connectivity index (χ3n) is 5.53. The molecule has 3 aromatic carbocycles. The summed E-state index contributed by atoms with van der Waals surface area (Å²) in [7, 11) is -2.73. The number of benzene rings is 3. The van der Waals surface area contributed by atoms with E-state index in [1.165, 1.54) is 19.2 Å². The maximum Gasteiger partial charge on any atom is 0.247 e. The molecule has 0 heterocycles. The fraction of sp³-hybridized carbons (Fsp3) is 0.269. The van der Waals surface area contributed by atoms with Crippen molar-refractivity contribution in [1.82, 2.24) is 4.31 Å². The lowest BCUT2D eigenvalue weighted by Crippen LogP contribution is -2.38. The maximum atomic E-state index is 13.7. The zero-order chi connectivity index (χ0) is 24.7. The van der Waals surface area contributed by atoms with Gasteiger partial charge in [-0.3, -0.25) is 4.79 Å². The molecule has 0 aliphatic rings. The molecule has 0 atom stereocenters. The molecule has 0 radical (unpaired) electrons. The molecule has 6 nitrogen and oxygen atoms in total. The van der Waals surface area contributed by atoms with Crippen LogP contribution in [-0.2, 0) is 34.2 Å². The first kappa shape index (κ1) is 25.7. The summed E-state index contributed by atoms with van der Waals surface area (Å²) in [4.78, 5) is 13.1. The van der Waals surface area contributed by atoms with E-state index in [0.717, 1.165) is 39.5 Å². The lowest BCUT2D eigenvalue weighted by Gasteiger charge is -2.24. The Kier molecular flexibility index (Phi) is 8.72. The van der Waals surface area contributed by atoms with Crippen LogP contribution in [-0.4, -0.2) is 32.3 Å². The van der Waals surface area contributed by atoms with Gasteiger partial charge in [0, 0.05) is 17.3 Å². The van der Waals surface area contributed by atoms with Crippen LogP contribution in [0.2, 0.25) is 5.02 Å². The number of nitrogens with one attached hydrogen (secondary N) is 1. The number of hydrogen-bond donors (Lipinski definition) is 1. The van der Waals surface area contributed by atoms with Crippen molar-refractivity contribution in [2.75, 3.05) is 19.0 Å². The highest BCUT2D eigenvalue weighted by Crippen LogP contribution is 2.31. The standard InChI is InChI=1S/C26H29ClN2O4S/c1-4-20-12-9-13-21(5-2)26(20)28-25(30)18-29(17-19-10-7-6-8-11-19)34(31,32)24-16-22(27)14-15-23(24)33-3/h6-16H,4-5,17-18H2,1-3H3,(H,28,30). The second-order valence-corrected chi connectivity index (χ2v) is 10.1. The number of anilines is 1. The minimum absolute atomic E-state index is 0.0162. The van der Waals surface area contributed by atoms with Crippen molar-refractivity contribution in [2.24, 2.45) is 0 Å². The van der Waals surface area contributed by atoms with Crippen molar-refractivity contribution in [2.45, 2.75) is 38.1 Å². The molecule has 1 amide bonds. The normalized spacial score (nSPS) is 11.4. The van der Waals surface area contributed by atoms with Gasteiger partial charge in [0.15, 0.2) is 0 Å². The SMILES string of the molecule is CCc1cccc(CC)c1NC(=O)CN(Cc1ccccc1)S(=O)(=O)c1cc(Cl)ccc1OC. The molecular weight excluding hydrogens is 472 g/mol. The number of rotatable bonds is 10. The molecular formula is C26H29ClN2O4S. The van der Waals surface area contributed by atoms with E-state index in [1.807, 2.05) is 62.4 Å². The van der Waals surface area contributed by atoms with Gasteiger partial charge in [-0.2, -0.15) is 4.31 Å². The van der Waals surface area contributed by atoms with Gasteiger partial charge in [0.1, 0.15) is 10.6 Å². The van der Waals surface area contributed by atoms with Gasteiger partial charge in [0.25, 0.3) is 0 Å². The van der Waals surface area contributed by atoms with E-state index in [-0.39, 0.29) is 28.8 Å². The van der Waals surface area contributed by atoms with Gasteiger partial charge in [-0.1, -0.05) is 74.0 Å². The number of halogens is 1. The van der Waals surface area contributed by atoms with Gasteiger partial charge in [0.05, 0.1) is 13.7 Å². The highest BCUT2D eigenvalue weighted by molar-refractivity contribution is 7.89. The van der Waals surface area contributed by atoms with Crippen molar-refractivity contribution >= 4 is 33.2 Å². The number of aryl methyl sites for hydroxylation is 2. The largest absolute Gasteiger partial charge is 0.495 e. The number of hydrogen-bond acceptors (Lipinski definition) is 4. The molecule has 0 saturated heterocycles. The number of carbonyl (C=O) groups is 1. The molecule has 0 saturated carbocycles. The third-order valence-corrected chi connectivity index (χ3v) is 7.58. The summed E-state index contributed by atoms with van der Waals surface area (Å²) >= 11 is 6.11. The first-order valence-corrected chi connectivity index (χ1v) is 12.9. The molecule has 0 spiro atoms. The Bertz CT molecular complexity index is 1220. The molecule has 0 aliphatic heterocycles. The fourth-order valence-electron chi connectivity index (χ4n) is 3.75. The summed E-state index contributed by atoms with van der Waals surface area (Å²) in [6, 6.07) is 19.4. The Hall–Kier alpha value is -2.87. The van der Waals surface area contributed by atoms with Crippen LogP contribution in [0.15, 0.2) is 71.6 Å². The molecule has 3 aromatic rings. The fourth-order valence-corrected chi connectivity index (χ4v) is 5.55. The lowest BCUT2D eigenvalue weighted by molar-refractivity contribution is -0.116. The molecule has 180 valence electrons. The van der Waals surface area contributed by atoms with Crippen LogP contribution in [0, 0.1) is 0 Å². The van der Waals surface area contributed by atoms with Gasteiger partial charge in [-0.15, -0.1) is 0 Å². The predicted molar refractivity (Wildman–Crippen MR) is 136 cm³/mol. The Morgan fingerprint density at radius 1 is 0.971 bits per heavy atom. The summed E-state index contributed by atoms with van der Waals surface area (Å²) in [5, 5.41) is 3.22. The Balaban J connectivity index is 1.98. The van der Waals surface area contributed by atoms with Crippen molar-refractivity contribution in [3.63, 3.8) is 0 Å². The first-order chi connectivity index (χ1) is 16.3. The molecule has 1 N–H and O–H groups in total. The van der Waals surface area contributed by atoms with Gasteiger partial charge in [0.2, 0.25) is 15.9 Å². The Morgan fingerprint density at radius 2 is 1.62 bits per heavy atom. The minimum atomic E-state index is -4.12. The zero-order valence-corrected chi connectivity index (χ0v) is 21.1. The van der Waals surface area contributed by atoms with Crippen LogP contribution in [0.5, 0.6) is 5.75 Å². The molecule has 0 bridgehead atoms. The monoisotopic (exact) mass is 500 g/mol. The number of para-hydroxylation sites is 1. The summed E-state index contributed by atoms with van der Waals surface area (Å²) in [5.41, 5.74) is 3.50. The first-order valence-electron chi connectivity index (χ1n) is 11.1. The van der Waals surface area contributed by atoms with Crippen molar-refractivity contribution in [1.29, 1.82) is 0 Å².